The molecule has 0 spiro atoms. The molecule has 3 aromatic rings. The summed E-state index contributed by atoms with van der Waals surface area (Å²) in [6, 6.07) is 29.3. The Morgan fingerprint density at radius 1 is 0.429 bits per heavy atom. The first-order chi connectivity index (χ1) is 22.1. The second kappa shape index (κ2) is 14.7. The van der Waals surface area contributed by atoms with Gasteiger partial charge in [0, 0.05) is 0 Å². The van der Waals surface area contributed by atoms with Gasteiger partial charge in [0.05, 0.1) is 0 Å². The van der Waals surface area contributed by atoms with Gasteiger partial charge in [-0.1, -0.05) is 0 Å². The van der Waals surface area contributed by atoms with E-state index in [2.05, 4.69) is 208 Å². The fourth-order valence-corrected chi connectivity index (χ4v) is 75.4. The predicted octanol–water partition coefficient (Wildman–Crippen LogP) is 11.6. The van der Waals surface area contributed by atoms with Crippen molar-refractivity contribution in [1.29, 1.82) is 0 Å². The summed E-state index contributed by atoms with van der Waals surface area (Å²) in [5.41, 5.74) is 7.24. The third kappa shape index (κ3) is 9.26. The molecule has 0 aromatic heterocycles. The van der Waals surface area contributed by atoms with Gasteiger partial charge in [0.1, 0.15) is 0 Å². The van der Waals surface area contributed by atoms with Crippen LogP contribution in [0.4, 0.5) is 0 Å². The summed E-state index contributed by atoms with van der Waals surface area (Å²) in [5.74, 6) is 0. The summed E-state index contributed by atoms with van der Waals surface area (Å²) in [7, 11) is -4.45. The molecule has 1 aliphatic heterocycles. The summed E-state index contributed by atoms with van der Waals surface area (Å²) >= 11 is -2.91. The average Bonchev–Trinajstić information content (AvgIpc) is 2.85. The Morgan fingerprint density at radius 2 is 0.714 bits per heavy atom. The van der Waals surface area contributed by atoms with Crippen LogP contribution in [-0.2, 0) is 0 Å². The third-order valence-corrected chi connectivity index (χ3v) is 66.2. The van der Waals surface area contributed by atoms with E-state index in [1.165, 1.54) is 0 Å². The molecule has 0 aliphatic carbocycles. The van der Waals surface area contributed by atoms with E-state index < -0.39 is 64.4 Å². The van der Waals surface area contributed by atoms with Crippen LogP contribution in [0.3, 0.4) is 0 Å². The Morgan fingerprint density at radius 3 is 0.980 bits per heavy atom. The van der Waals surface area contributed by atoms with Crippen molar-refractivity contribution in [2.24, 2.45) is 0 Å². The van der Waals surface area contributed by atoms with Crippen molar-refractivity contribution in [3.63, 3.8) is 0 Å². The van der Waals surface area contributed by atoms with Crippen LogP contribution in [-0.4, -0.2) is 69.7 Å². The van der Waals surface area contributed by atoms with E-state index in [0.717, 1.165) is 15.5 Å². The van der Waals surface area contributed by atoms with E-state index >= 15 is 0 Å². The zero-order valence-electron chi connectivity index (χ0n) is 34.5. The molecule has 0 radical (unpaired) electrons. The molecular formula is C39H69BS2SbSi6+. The van der Waals surface area contributed by atoms with Gasteiger partial charge < -0.3 is 0 Å². The first-order valence-corrected chi connectivity index (χ1v) is 50.6. The van der Waals surface area contributed by atoms with Crippen molar-refractivity contribution < 1.29 is 0 Å². The van der Waals surface area contributed by atoms with Gasteiger partial charge in [-0.05, 0) is 0 Å². The van der Waals surface area contributed by atoms with Gasteiger partial charge in [0.25, 0.3) is 0 Å². The Balaban J connectivity index is 2.17. The first kappa shape index (κ1) is 42.3. The van der Waals surface area contributed by atoms with E-state index in [-0.39, 0.29) is 0 Å². The van der Waals surface area contributed by atoms with E-state index in [1.807, 2.05) is 16.6 Å². The average molecular weight is 903 g/mol. The molecule has 1 fully saturated rings. The zero-order valence-corrected chi connectivity index (χ0v) is 44.7. The molecule has 0 atom stereocenters. The van der Waals surface area contributed by atoms with Crippen LogP contribution in [0.15, 0.2) is 72.8 Å². The van der Waals surface area contributed by atoms with Crippen molar-refractivity contribution in [1.82, 2.24) is 0 Å². The van der Waals surface area contributed by atoms with Crippen LogP contribution in [0.25, 0.3) is 0 Å². The van der Waals surface area contributed by atoms with Crippen molar-refractivity contribution in [2.75, 3.05) is 0 Å². The first-order valence-electron chi connectivity index (χ1n) is 18.6. The Hall–Kier alpha value is 0.544. The molecule has 1 aliphatic rings. The van der Waals surface area contributed by atoms with Crippen molar-refractivity contribution in [3.8, 4) is 0 Å². The molecule has 0 nitrogen and oxygen atoms in total. The number of hydrogen-bond donors (Lipinski definition) is 0. The molecule has 1 heterocycles. The van der Waals surface area contributed by atoms with E-state index in [1.54, 1.807) is 12.6 Å². The van der Waals surface area contributed by atoms with Gasteiger partial charge in [-0.3, -0.25) is 0 Å². The molecule has 0 bridgehead atoms. The Labute approximate surface area is 319 Å². The predicted molar refractivity (Wildman–Crippen MR) is 253 cm³/mol. The Kier molecular flexibility index (Phi) is 12.6. The molecule has 0 unspecified atom stereocenters. The van der Waals surface area contributed by atoms with Crippen molar-refractivity contribution >= 4 is 99.6 Å². The minimum absolute atomic E-state index is 0.521. The molecule has 3 aromatic carbocycles. The second-order valence-electron chi connectivity index (χ2n) is 21.4. The number of benzene rings is 3. The van der Waals surface area contributed by atoms with Crippen molar-refractivity contribution in [3.05, 3.63) is 89.5 Å². The summed E-state index contributed by atoms with van der Waals surface area (Å²) in [4.78, 5) is 0. The maximum atomic E-state index is 2.91. The molecular weight excluding hydrogens is 834 g/mol. The standard InChI is InChI=1S/C27H59BS2Si6.2C6H5.Sb/c1-31(2,3)25(32(4,5)6)21-19-22(26(33(7,8)9)34(10,11)12)24(28(29)30)23(20-21)27(35(13,14)15)36(16,17)18;2*1-2-4-6-5-3-1;/h19-20,25-27H,1-18H3;2*1-5H;/q-2;;;+3. The van der Waals surface area contributed by atoms with Gasteiger partial charge in [-0.2, -0.15) is 0 Å². The minimum atomic E-state index is -2.91. The quantitative estimate of drug-likeness (QED) is 0.166. The maximum absolute atomic E-state index is 2.91. The van der Waals surface area contributed by atoms with Crippen LogP contribution in [0, 0.1) is 0 Å². The monoisotopic (exact) mass is 901 g/mol. The molecule has 49 heavy (non-hydrogen) atoms. The SMILES string of the molecule is C[Si](C)(C)C(c1cc(C([Si](C)(C)C)[Si](C)(C)C)c(B2[S][Sb+]([c]3ccccc3)([c]3ccccc3)[S]2)c(C([Si](C)(C)C)[Si](C)(C)C)c1)[Si](C)(C)C. The summed E-state index contributed by atoms with van der Waals surface area (Å²) in [6.45, 7) is 48.5. The van der Waals surface area contributed by atoms with Gasteiger partial charge >= 0.3 is 322 Å². The molecule has 0 saturated carbocycles. The van der Waals surface area contributed by atoms with Crippen molar-refractivity contribution in [2.45, 2.75) is 133 Å². The fourth-order valence-electron chi connectivity index (χ4n) is 10.4. The summed E-state index contributed by atoms with van der Waals surface area (Å²) in [6.07, 6.45) is 0. The Bertz CT molecular complexity index is 1450. The van der Waals surface area contributed by atoms with Gasteiger partial charge in [-0.25, -0.2) is 0 Å². The summed E-state index contributed by atoms with van der Waals surface area (Å²) in [5, 5.41) is 2.75. The molecule has 268 valence electrons. The molecule has 10 heteroatoms. The van der Waals surface area contributed by atoms with Gasteiger partial charge in [0.2, 0.25) is 0 Å². The molecule has 1 saturated heterocycles. The topological polar surface area (TPSA) is 0 Å². The van der Waals surface area contributed by atoms with Crippen LogP contribution in [0.2, 0.25) is 118 Å². The van der Waals surface area contributed by atoms with E-state index in [4.69, 9.17) is 0 Å². The van der Waals surface area contributed by atoms with Crippen LogP contribution < -0.4 is 12.5 Å². The van der Waals surface area contributed by atoms with E-state index in [0.29, 0.717) is 5.27 Å². The zero-order chi connectivity index (χ0) is 37.2. The second-order valence-corrected chi connectivity index (χ2v) is 75.2. The molecule has 0 amide bonds. The fraction of sp³-hybridized carbons (Fsp3) is 0.538. The van der Waals surface area contributed by atoms with Crippen LogP contribution in [0.5, 0.6) is 0 Å². The van der Waals surface area contributed by atoms with Crippen LogP contribution >= 0.6 is 17.4 Å². The number of hydrogen-bond acceptors (Lipinski definition) is 2. The molecule has 4 rings (SSSR count). The van der Waals surface area contributed by atoms with Gasteiger partial charge in [0.15, 0.2) is 0 Å². The molecule has 0 N–H and O–H groups in total. The van der Waals surface area contributed by atoms with E-state index in [9.17, 15) is 0 Å². The third-order valence-electron chi connectivity index (χ3n) is 10.3. The van der Waals surface area contributed by atoms with Gasteiger partial charge in [-0.15, -0.1) is 0 Å². The summed E-state index contributed by atoms with van der Waals surface area (Å²) < 4.78 is 3.27. The van der Waals surface area contributed by atoms with Crippen LogP contribution in [0.1, 0.15) is 32.2 Å². The number of rotatable bonds is 12. The normalized spacial score (nSPS) is 16.5.